The predicted molar refractivity (Wildman–Crippen MR) is 218 cm³/mol. The summed E-state index contributed by atoms with van der Waals surface area (Å²) in [6, 6.07) is 3.15. The third-order valence-electron chi connectivity index (χ3n) is 10.4. The Kier molecular flexibility index (Phi) is 13.1. The normalized spacial score (nSPS) is 16.8. The first-order chi connectivity index (χ1) is 26.8. The monoisotopic (exact) mass is 786 g/mol. The number of benzene rings is 1. The summed E-state index contributed by atoms with van der Waals surface area (Å²) in [7, 11) is 1.70. The number of aldehydes is 1. The van der Waals surface area contributed by atoms with Gasteiger partial charge in [-0.15, -0.1) is 11.8 Å². The molecule has 2 amide bonds. The Morgan fingerprint density at radius 2 is 1.73 bits per heavy atom. The number of piperazine rings is 1. The van der Waals surface area contributed by atoms with Crippen LogP contribution in [0.25, 0.3) is 10.9 Å². The van der Waals surface area contributed by atoms with E-state index in [4.69, 9.17) is 4.74 Å². The van der Waals surface area contributed by atoms with Gasteiger partial charge in [0, 0.05) is 85.7 Å². The van der Waals surface area contributed by atoms with E-state index in [2.05, 4.69) is 82.7 Å². The number of hydrogen-bond acceptors (Lipinski definition) is 14. The third kappa shape index (κ3) is 9.92. The van der Waals surface area contributed by atoms with E-state index in [-0.39, 0.29) is 22.5 Å². The molecule has 0 spiro atoms. The van der Waals surface area contributed by atoms with E-state index in [0.29, 0.717) is 49.9 Å². The molecule has 0 saturated carbocycles. The van der Waals surface area contributed by atoms with Crippen LogP contribution in [0.2, 0.25) is 0 Å². The summed E-state index contributed by atoms with van der Waals surface area (Å²) in [5, 5.41) is 17.4. The van der Waals surface area contributed by atoms with Gasteiger partial charge in [0.2, 0.25) is 11.9 Å². The number of ether oxygens (including phenoxy) is 1. The van der Waals surface area contributed by atoms with Crippen molar-refractivity contribution in [2.45, 2.75) is 76.1 Å². The van der Waals surface area contributed by atoms with Crippen LogP contribution in [0.4, 0.5) is 17.6 Å². The Hall–Kier alpha value is -4.87. The zero-order valence-corrected chi connectivity index (χ0v) is 34.2. The number of nitrogens with zero attached hydrogens (tertiary/aromatic N) is 8. The molecule has 2 atom stereocenters. The smallest absolute Gasteiger partial charge is 0.256 e. The Labute approximate surface area is 332 Å². The number of hydrogen-bond donors (Lipinski definition) is 4. The molecule has 56 heavy (non-hydrogen) atoms. The first-order valence-corrected chi connectivity index (χ1v) is 20.1. The van der Waals surface area contributed by atoms with Crippen LogP contribution in [-0.4, -0.2) is 134 Å². The van der Waals surface area contributed by atoms with Gasteiger partial charge in [-0.1, -0.05) is 20.8 Å². The van der Waals surface area contributed by atoms with Gasteiger partial charge in [-0.05, 0) is 52.6 Å². The Balaban J connectivity index is 0.994. The van der Waals surface area contributed by atoms with Gasteiger partial charge < -0.3 is 35.3 Å². The second-order valence-electron chi connectivity index (χ2n) is 15.5. The Morgan fingerprint density at radius 3 is 2.36 bits per heavy atom. The van der Waals surface area contributed by atoms with Crippen LogP contribution in [0.5, 0.6) is 5.75 Å². The molecule has 2 aliphatic heterocycles. The lowest BCUT2D eigenvalue weighted by molar-refractivity contribution is -0.126. The van der Waals surface area contributed by atoms with Crippen molar-refractivity contribution in [3.63, 3.8) is 0 Å². The van der Waals surface area contributed by atoms with E-state index in [9.17, 15) is 14.4 Å². The van der Waals surface area contributed by atoms with Gasteiger partial charge in [0.1, 0.15) is 30.8 Å². The fourth-order valence-corrected chi connectivity index (χ4v) is 7.84. The summed E-state index contributed by atoms with van der Waals surface area (Å²) < 4.78 is 6.41. The zero-order valence-electron chi connectivity index (χ0n) is 33.4. The number of carbonyl (C=O) groups excluding carboxylic acids is 3. The maximum absolute atomic E-state index is 13.3. The molecule has 17 heteroatoms. The van der Waals surface area contributed by atoms with Gasteiger partial charge in [0.25, 0.3) is 5.91 Å². The molecule has 300 valence electrons. The molecular formula is C39H54N12O4S. The number of aromatic nitrogens is 6. The van der Waals surface area contributed by atoms with Crippen LogP contribution in [0.1, 0.15) is 62.2 Å². The minimum atomic E-state index is -0.573. The van der Waals surface area contributed by atoms with E-state index in [0.717, 1.165) is 77.6 Å². The molecule has 5 heterocycles. The first kappa shape index (κ1) is 40.8. The average Bonchev–Trinajstić information content (AvgIpc) is 3.51. The molecular weight excluding hydrogens is 733 g/mol. The average molecular weight is 787 g/mol. The van der Waals surface area contributed by atoms with E-state index >= 15 is 0 Å². The molecule has 2 aliphatic rings. The lowest BCUT2D eigenvalue weighted by Gasteiger charge is -2.35. The van der Waals surface area contributed by atoms with Gasteiger partial charge in [-0.3, -0.25) is 19.6 Å². The second kappa shape index (κ2) is 17.9. The number of rotatable bonds is 14. The van der Waals surface area contributed by atoms with Crippen molar-refractivity contribution < 1.29 is 19.1 Å². The molecule has 1 aromatic carbocycles. The van der Waals surface area contributed by atoms with Crippen molar-refractivity contribution in [3.8, 4) is 5.75 Å². The zero-order chi connectivity index (χ0) is 40.0. The summed E-state index contributed by atoms with van der Waals surface area (Å²) in [5.41, 5.74) is 3.27. The van der Waals surface area contributed by atoms with Crippen LogP contribution in [-0.2, 0) is 9.59 Å². The second-order valence-corrected chi connectivity index (χ2v) is 17.3. The van der Waals surface area contributed by atoms with Crippen LogP contribution < -0.4 is 25.6 Å². The van der Waals surface area contributed by atoms with Crippen LogP contribution in [0, 0.1) is 19.8 Å². The molecule has 4 aromatic rings. The summed E-state index contributed by atoms with van der Waals surface area (Å²) in [6.45, 7) is 17.8. The number of likely N-dealkylation sites (N-methyl/N-ethyl adjacent to an activating group) is 1. The minimum Gasteiger partial charge on any atom is -0.491 e. The number of amides is 2. The molecule has 0 radical (unpaired) electrons. The van der Waals surface area contributed by atoms with Crippen LogP contribution in [0.3, 0.4) is 0 Å². The first-order valence-electron chi connectivity index (χ1n) is 19.2. The van der Waals surface area contributed by atoms with Crippen LogP contribution in [0.15, 0.2) is 35.7 Å². The highest BCUT2D eigenvalue weighted by molar-refractivity contribution is 8.00. The predicted octanol–water partition coefficient (Wildman–Crippen LogP) is 3.74. The number of aromatic amines is 1. The number of aryl methyl sites for hydroxylation is 1. The molecule has 0 aliphatic carbocycles. The van der Waals surface area contributed by atoms with Gasteiger partial charge in [0.05, 0.1) is 28.1 Å². The maximum atomic E-state index is 13.3. The van der Waals surface area contributed by atoms with Crippen molar-refractivity contribution in [1.29, 1.82) is 0 Å². The minimum absolute atomic E-state index is 0.0221. The van der Waals surface area contributed by atoms with Gasteiger partial charge in [-0.25, -0.2) is 19.9 Å². The SMILES string of the molecule is CN[C@@H](C)C(=O)NC(C=O)C1CCN(C(=O)c2cnc(N3CCN(CCOc4cc5ncnc(Nc6n[nH]c(C)c6C)c5cc4SC(C)(C)C)CC3)nc2)CC1. The molecule has 1 unspecified atom stereocenters. The molecule has 0 bridgehead atoms. The van der Waals surface area contributed by atoms with Crippen molar-refractivity contribution in [1.82, 2.24) is 50.6 Å². The highest BCUT2D eigenvalue weighted by atomic mass is 32.2. The number of fused-ring (bicyclic) bond motifs is 1. The lowest BCUT2D eigenvalue weighted by Crippen LogP contribution is -2.51. The lowest BCUT2D eigenvalue weighted by atomic mass is 9.89. The summed E-state index contributed by atoms with van der Waals surface area (Å²) in [6.07, 6.45) is 6.80. The van der Waals surface area contributed by atoms with Crippen molar-refractivity contribution in [3.05, 3.63) is 47.7 Å². The number of piperidine rings is 1. The summed E-state index contributed by atoms with van der Waals surface area (Å²) in [4.78, 5) is 62.9. The van der Waals surface area contributed by atoms with Crippen molar-refractivity contribution in [2.24, 2.45) is 5.92 Å². The maximum Gasteiger partial charge on any atom is 0.256 e. The Bertz CT molecular complexity index is 1990. The number of nitrogens with one attached hydrogen (secondary N) is 4. The molecule has 16 nitrogen and oxygen atoms in total. The van der Waals surface area contributed by atoms with Crippen molar-refractivity contribution in [2.75, 3.05) is 69.7 Å². The standard InChI is InChI=1S/C39H54N12O4S/c1-24-25(2)47-48-34(24)46-35-29-18-33(56-39(4,5)6)32(19-30(29)43-23-44-35)55-17-16-49-12-14-51(15-13-49)38-41-20-28(21-42-38)37(54)50-10-8-27(9-11-50)31(22-52)45-36(53)26(3)40-7/h18-23,26-27,31,40H,8-17H2,1-7H3,(H,45,53)(H2,43,44,46,47,48)/t26-,31?/m0/s1. The topological polar surface area (TPSA) is 186 Å². The van der Waals surface area contributed by atoms with Crippen molar-refractivity contribution >= 4 is 58.3 Å². The molecule has 3 aromatic heterocycles. The molecule has 2 fully saturated rings. The molecule has 2 saturated heterocycles. The fraction of sp³-hybridized carbons (Fsp3) is 0.538. The number of carbonyl (C=O) groups is 3. The number of H-pyrrole nitrogens is 1. The molecule has 4 N–H and O–H groups in total. The number of anilines is 3. The number of likely N-dealkylation sites (tertiary alicyclic amines) is 1. The third-order valence-corrected chi connectivity index (χ3v) is 11.6. The summed E-state index contributed by atoms with van der Waals surface area (Å²) in [5.74, 6) is 2.47. The van der Waals surface area contributed by atoms with E-state index in [1.165, 1.54) is 0 Å². The highest BCUT2D eigenvalue weighted by Crippen LogP contribution is 2.41. The van der Waals surface area contributed by atoms with E-state index in [1.54, 1.807) is 49.4 Å². The largest absolute Gasteiger partial charge is 0.491 e. The molecule has 6 rings (SSSR count). The summed E-state index contributed by atoms with van der Waals surface area (Å²) >= 11 is 1.75. The van der Waals surface area contributed by atoms with Gasteiger partial charge in [0.15, 0.2) is 5.82 Å². The highest BCUT2D eigenvalue weighted by Gasteiger charge is 2.31. The van der Waals surface area contributed by atoms with Gasteiger partial charge >= 0.3 is 0 Å². The van der Waals surface area contributed by atoms with E-state index < -0.39 is 12.1 Å². The number of thioether (sulfide) groups is 1. The van der Waals surface area contributed by atoms with E-state index in [1.807, 2.05) is 19.9 Å². The van der Waals surface area contributed by atoms with Crippen LogP contribution >= 0.6 is 11.8 Å². The fourth-order valence-electron chi connectivity index (χ4n) is 6.78. The quantitative estimate of drug-likeness (QED) is 0.107. The van der Waals surface area contributed by atoms with Gasteiger partial charge in [-0.2, -0.15) is 5.10 Å². The Morgan fingerprint density at radius 1 is 1.02 bits per heavy atom.